The van der Waals surface area contributed by atoms with Gasteiger partial charge in [0.25, 0.3) is 0 Å². The summed E-state index contributed by atoms with van der Waals surface area (Å²) in [5.74, 6) is -1.16. The number of nitriles is 1. The Morgan fingerprint density at radius 3 is 2.86 bits per heavy atom. The number of amides is 2. The Labute approximate surface area is 122 Å². The number of hydrogen-bond acceptors (Lipinski definition) is 3. The maximum Gasteiger partial charge on any atom is 0.315 e. The van der Waals surface area contributed by atoms with Gasteiger partial charge in [0.15, 0.2) is 0 Å². The van der Waals surface area contributed by atoms with Crippen LogP contribution in [0.1, 0.15) is 30.4 Å². The van der Waals surface area contributed by atoms with E-state index in [4.69, 9.17) is 10.4 Å². The molecule has 1 aromatic carbocycles. The van der Waals surface area contributed by atoms with Crippen molar-refractivity contribution in [3.05, 3.63) is 35.4 Å². The van der Waals surface area contributed by atoms with E-state index in [-0.39, 0.29) is 18.0 Å². The predicted molar refractivity (Wildman–Crippen MR) is 75.3 cm³/mol. The second-order valence-electron chi connectivity index (χ2n) is 5.18. The number of carbonyl (C=O) groups excluding carboxylic acids is 1. The molecule has 6 heteroatoms. The third-order valence-electron chi connectivity index (χ3n) is 3.63. The van der Waals surface area contributed by atoms with Gasteiger partial charge in [0.05, 0.1) is 17.6 Å². The van der Waals surface area contributed by atoms with E-state index in [1.165, 1.54) is 0 Å². The van der Waals surface area contributed by atoms with Gasteiger partial charge >= 0.3 is 12.0 Å². The van der Waals surface area contributed by atoms with E-state index in [0.29, 0.717) is 31.4 Å². The fourth-order valence-electron chi connectivity index (χ4n) is 2.51. The normalized spacial score (nSPS) is 20.5. The van der Waals surface area contributed by atoms with Crippen molar-refractivity contribution in [3.8, 4) is 6.07 Å². The minimum absolute atomic E-state index is 0.0865. The molecule has 0 saturated heterocycles. The van der Waals surface area contributed by atoms with Crippen LogP contribution >= 0.6 is 0 Å². The van der Waals surface area contributed by atoms with Gasteiger partial charge in [-0.1, -0.05) is 12.1 Å². The summed E-state index contributed by atoms with van der Waals surface area (Å²) in [5, 5.41) is 23.2. The van der Waals surface area contributed by atoms with Crippen LogP contribution in [-0.2, 0) is 11.3 Å². The van der Waals surface area contributed by atoms with Crippen LogP contribution in [0, 0.1) is 17.2 Å². The molecule has 0 aliphatic heterocycles. The summed E-state index contributed by atoms with van der Waals surface area (Å²) in [6.07, 6.45) is 1.77. The van der Waals surface area contributed by atoms with Crippen LogP contribution in [0.15, 0.2) is 24.3 Å². The van der Waals surface area contributed by atoms with Crippen LogP contribution < -0.4 is 10.6 Å². The molecule has 110 valence electrons. The van der Waals surface area contributed by atoms with Crippen molar-refractivity contribution in [3.63, 3.8) is 0 Å². The number of benzene rings is 1. The summed E-state index contributed by atoms with van der Waals surface area (Å²) in [4.78, 5) is 22.6. The lowest BCUT2D eigenvalue weighted by molar-refractivity contribution is -0.141. The minimum Gasteiger partial charge on any atom is -0.481 e. The molecule has 6 nitrogen and oxygen atoms in total. The first-order valence-corrected chi connectivity index (χ1v) is 6.84. The standard InChI is InChI=1S/C15H17N3O3/c16-8-10-2-1-3-11(6-10)9-17-15(21)18-13-5-4-12(7-13)14(19)20/h1-3,6,12-13H,4-5,7,9H2,(H,19,20)(H2,17,18,21). The fraction of sp³-hybridized carbons (Fsp3) is 0.400. The van der Waals surface area contributed by atoms with Gasteiger partial charge in [0.1, 0.15) is 0 Å². The highest BCUT2D eigenvalue weighted by atomic mass is 16.4. The molecule has 0 heterocycles. The van der Waals surface area contributed by atoms with E-state index >= 15 is 0 Å². The molecule has 2 amide bonds. The number of aliphatic carboxylic acids is 1. The highest BCUT2D eigenvalue weighted by Crippen LogP contribution is 2.25. The highest BCUT2D eigenvalue weighted by molar-refractivity contribution is 5.75. The topological polar surface area (TPSA) is 102 Å². The van der Waals surface area contributed by atoms with E-state index in [9.17, 15) is 9.59 Å². The summed E-state index contributed by atoms with van der Waals surface area (Å²) in [5.41, 5.74) is 1.40. The average Bonchev–Trinajstić information content (AvgIpc) is 2.94. The first kappa shape index (κ1) is 14.9. The van der Waals surface area contributed by atoms with Crippen LogP contribution in [0.3, 0.4) is 0 Å². The molecule has 1 aliphatic rings. The number of carboxylic acids is 1. The minimum atomic E-state index is -0.798. The van der Waals surface area contributed by atoms with E-state index in [1.54, 1.807) is 18.2 Å². The summed E-state index contributed by atoms with van der Waals surface area (Å²) >= 11 is 0. The third-order valence-corrected chi connectivity index (χ3v) is 3.63. The first-order valence-electron chi connectivity index (χ1n) is 6.84. The SMILES string of the molecule is N#Cc1cccc(CNC(=O)NC2CCC(C(=O)O)C2)c1. The van der Waals surface area contributed by atoms with Gasteiger partial charge in [-0.15, -0.1) is 0 Å². The molecule has 2 unspecified atom stereocenters. The van der Waals surface area contributed by atoms with E-state index in [0.717, 1.165) is 5.56 Å². The van der Waals surface area contributed by atoms with Gasteiger partial charge in [0.2, 0.25) is 0 Å². The fourth-order valence-corrected chi connectivity index (χ4v) is 2.51. The summed E-state index contributed by atoms with van der Waals surface area (Å²) in [6.45, 7) is 0.330. The third kappa shape index (κ3) is 4.21. The molecule has 1 aromatic rings. The van der Waals surface area contributed by atoms with Crippen LogP contribution in [0.25, 0.3) is 0 Å². The molecule has 2 atom stereocenters. The van der Waals surface area contributed by atoms with Crippen molar-refractivity contribution in [1.29, 1.82) is 5.26 Å². The zero-order valence-electron chi connectivity index (χ0n) is 11.5. The second kappa shape index (κ2) is 6.75. The van der Waals surface area contributed by atoms with Crippen molar-refractivity contribution < 1.29 is 14.7 Å². The van der Waals surface area contributed by atoms with Gasteiger partial charge in [0, 0.05) is 12.6 Å². The number of hydrogen-bond donors (Lipinski definition) is 3. The number of rotatable bonds is 4. The van der Waals surface area contributed by atoms with E-state index < -0.39 is 5.97 Å². The lowest BCUT2D eigenvalue weighted by Crippen LogP contribution is -2.40. The zero-order valence-corrected chi connectivity index (χ0v) is 11.5. The number of urea groups is 1. The Balaban J connectivity index is 1.78. The van der Waals surface area contributed by atoms with Crippen LogP contribution in [0.2, 0.25) is 0 Å². The molecule has 1 fully saturated rings. The molecule has 3 N–H and O–H groups in total. The maximum atomic E-state index is 11.8. The number of nitrogens with one attached hydrogen (secondary N) is 2. The van der Waals surface area contributed by atoms with Crippen molar-refractivity contribution >= 4 is 12.0 Å². The monoisotopic (exact) mass is 287 g/mol. The molecule has 1 saturated carbocycles. The first-order chi connectivity index (χ1) is 10.1. The molecular formula is C15H17N3O3. The smallest absolute Gasteiger partial charge is 0.315 e. The number of carboxylic acid groups (broad SMARTS) is 1. The highest BCUT2D eigenvalue weighted by Gasteiger charge is 2.30. The lowest BCUT2D eigenvalue weighted by Gasteiger charge is -2.13. The summed E-state index contributed by atoms with van der Waals surface area (Å²) in [7, 11) is 0. The van der Waals surface area contributed by atoms with Crippen molar-refractivity contribution in [1.82, 2.24) is 10.6 Å². The lowest BCUT2D eigenvalue weighted by atomic mass is 10.1. The Morgan fingerprint density at radius 1 is 1.38 bits per heavy atom. The molecule has 0 spiro atoms. The largest absolute Gasteiger partial charge is 0.481 e. The molecular weight excluding hydrogens is 270 g/mol. The average molecular weight is 287 g/mol. The number of nitrogens with zero attached hydrogens (tertiary/aromatic N) is 1. The summed E-state index contributed by atoms with van der Waals surface area (Å²) < 4.78 is 0. The number of carbonyl (C=O) groups is 2. The second-order valence-corrected chi connectivity index (χ2v) is 5.18. The summed E-state index contributed by atoms with van der Waals surface area (Å²) in [6, 6.07) is 8.66. The van der Waals surface area contributed by atoms with Crippen molar-refractivity contribution in [2.24, 2.45) is 5.92 Å². The molecule has 2 rings (SSSR count). The predicted octanol–water partition coefficient (Wildman–Crippen LogP) is 1.61. The quantitative estimate of drug-likeness (QED) is 0.782. The van der Waals surface area contributed by atoms with E-state index in [1.807, 2.05) is 12.1 Å². The maximum absolute atomic E-state index is 11.8. The Hall–Kier alpha value is -2.55. The van der Waals surface area contributed by atoms with Crippen molar-refractivity contribution in [2.45, 2.75) is 31.8 Å². The molecule has 0 aromatic heterocycles. The van der Waals surface area contributed by atoms with Gasteiger partial charge in [-0.2, -0.15) is 5.26 Å². The molecule has 0 bridgehead atoms. The Morgan fingerprint density at radius 2 is 2.19 bits per heavy atom. The molecule has 0 radical (unpaired) electrons. The van der Waals surface area contributed by atoms with Gasteiger partial charge in [-0.05, 0) is 37.0 Å². The van der Waals surface area contributed by atoms with Gasteiger partial charge in [-0.3, -0.25) is 4.79 Å². The zero-order chi connectivity index (χ0) is 15.2. The Kier molecular flexibility index (Phi) is 4.77. The Bertz CT molecular complexity index is 580. The van der Waals surface area contributed by atoms with Crippen LogP contribution in [0.5, 0.6) is 0 Å². The molecule has 21 heavy (non-hydrogen) atoms. The molecule has 1 aliphatic carbocycles. The van der Waals surface area contributed by atoms with Crippen molar-refractivity contribution in [2.75, 3.05) is 0 Å². The van der Waals surface area contributed by atoms with Gasteiger partial charge < -0.3 is 15.7 Å². The van der Waals surface area contributed by atoms with Crippen LogP contribution in [-0.4, -0.2) is 23.1 Å². The van der Waals surface area contributed by atoms with Crippen LogP contribution in [0.4, 0.5) is 4.79 Å². The van der Waals surface area contributed by atoms with E-state index in [2.05, 4.69) is 10.6 Å². The van der Waals surface area contributed by atoms with Gasteiger partial charge in [-0.25, -0.2) is 4.79 Å².